The van der Waals surface area contributed by atoms with E-state index in [1.165, 1.54) is 0 Å². The molecule has 0 spiro atoms. The number of hydrogen-bond acceptors (Lipinski definition) is 3. The summed E-state index contributed by atoms with van der Waals surface area (Å²) in [6, 6.07) is 4.05. The van der Waals surface area contributed by atoms with Crippen LogP contribution in [0.3, 0.4) is 0 Å². The molecule has 0 heterocycles. The van der Waals surface area contributed by atoms with Crippen LogP contribution in [0, 0.1) is 13.8 Å². The number of amides is 1. The molecule has 1 aromatic rings. The molecule has 0 saturated carbocycles. The largest absolute Gasteiger partial charge is 0.385 e. The quantitative estimate of drug-likeness (QED) is 0.756. The van der Waals surface area contributed by atoms with Crippen LogP contribution in [-0.4, -0.2) is 32.7 Å². The van der Waals surface area contributed by atoms with Crippen LogP contribution in [0.25, 0.3) is 0 Å². The maximum atomic E-state index is 11.6. The van der Waals surface area contributed by atoms with Gasteiger partial charge in [0.25, 0.3) is 0 Å². The summed E-state index contributed by atoms with van der Waals surface area (Å²) < 4.78 is 6.03. The van der Waals surface area contributed by atoms with Crippen molar-refractivity contribution in [3.8, 4) is 0 Å². The van der Waals surface area contributed by atoms with Crippen molar-refractivity contribution in [2.75, 3.05) is 32.1 Å². The average Bonchev–Trinajstić information content (AvgIpc) is 2.38. The van der Waals surface area contributed by atoms with Gasteiger partial charge < -0.3 is 15.4 Å². The summed E-state index contributed by atoms with van der Waals surface area (Å²) >= 11 is 3.52. The average molecular weight is 329 g/mol. The van der Waals surface area contributed by atoms with Gasteiger partial charge in [0.05, 0.1) is 6.54 Å². The fraction of sp³-hybridized carbons (Fsp3) is 0.500. The summed E-state index contributed by atoms with van der Waals surface area (Å²) in [5.41, 5.74) is 3.27. The van der Waals surface area contributed by atoms with Gasteiger partial charge in [-0.1, -0.05) is 15.9 Å². The molecule has 0 saturated heterocycles. The van der Waals surface area contributed by atoms with E-state index < -0.39 is 0 Å². The summed E-state index contributed by atoms with van der Waals surface area (Å²) in [6.45, 7) is 5.67. The first-order valence-corrected chi connectivity index (χ1v) is 7.10. The molecule has 0 atom stereocenters. The molecule has 0 unspecified atom stereocenters. The number of halogens is 1. The molecule has 0 aliphatic carbocycles. The van der Waals surface area contributed by atoms with E-state index >= 15 is 0 Å². The molecule has 1 amide bonds. The molecular weight excluding hydrogens is 308 g/mol. The maximum absolute atomic E-state index is 11.6. The lowest BCUT2D eigenvalue weighted by Gasteiger charge is -2.11. The molecule has 4 nitrogen and oxygen atoms in total. The van der Waals surface area contributed by atoms with Crippen molar-refractivity contribution in [3.05, 3.63) is 27.7 Å². The van der Waals surface area contributed by atoms with Crippen molar-refractivity contribution in [2.24, 2.45) is 0 Å². The van der Waals surface area contributed by atoms with E-state index in [1.807, 2.05) is 26.0 Å². The van der Waals surface area contributed by atoms with E-state index in [4.69, 9.17) is 4.74 Å². The predicted octanol–water partition coefficient (Wildman–Crippen LogP) is 2.63. The Kier molecular flexibility index (Phi) is 6.87. The third kappa shape index (κ3) is 5.61. The van der Waals surface area contributed by atoms with Gasteiger partial charge in [0.15, 0.2) is 0 Å². The fourth-order valence-electron chi connectivity index (χ4n) is 1.74. The fourth-order valence-corrected chi connectivity index (χ4v) is 1.97. The molecule has 0 bridgehead atoms. The minimum atomic E-state index is -0.00525. The Labute approximate surface area is 123 Å². The van der Waals surface area contributed by atoms with Crippen LogP contribution in [0.1, 0.15) is 17.5 Å². The number of ether oxygens (including phenoxy) is 1. The third-order valence-corrected chi connectivity index (χ3v) is 3.99. The first kappa shape index (κ1) is 16.0. The van der Waals surface area contributed by atoms with E-state index in [0.717, 1.165) is 27.7 Å². The molecule has 0 aliphatic rings. The van der Waals surface area contributed by atoms with Gasteiger partial charge in [-0.2, -0.15) is 0 Å². The predicted molar refractivity (Wildman–Crippen MR) is 81.6 cm³/mol. The zero-order valence-corrected chi connectivity index (χ0v) is 13.3. The van der Waals surface area contributed by atoms with Crippen molar-refractivity contribution >= 4 is 27.5 Å². The summed E-state index contributed by atoms with van der Waals surface area (Å²) in [7, 11) is 1.65. The number of aryl methyl sites for hydroxylation is 2. The number of hydrogen-bond donors (Lipinski definition) is 2. The summed E-state index contributed by atoms with van der Waals surface area (Å²) in [4.78, 5) is 11.6. The topological polar surface area (TPSA) is 50.4 Å². The Morgan fingerprint density at radius 3 is 2.53 bits per heavy atom. The van der Waals surface area contributed by atoms with Gasteiger partial charge >= 0.3 is 0 Å². The second-order valence-corrected chi connectivity index (χ2v) is 5.27. The minimum Gasteiger partial charge on any atom is -0.385 e. The number of carbonyl (C=O) groups excluding carboxylic acids is 1. The zero-order chi connectivity index (χ0) is 14.3. The SMILES string of the molecule is COCCCNC(=O)CNc1cc(C)c(Br)c(C)c1. The number of nitrogens with one attached hydrogen (secondary N) is 2. The molecular formula is C14H21BrN2O2. The van der Waals surface area contributed by atoms with Gasteiger partial charge in [-0.15, -0.1) is 0 Å². The third-order valence-electron chi connectivity index (χ3n) is 2.74. The van der Waals surface area contributed by atoms with E-state index in [2.05, 4.69) is 26.6 Å². The lowest BCUT2D eigenvalue weighted by Crippen LogP contribution is -2.31. The Bertz CT molecular complexity index is 412. The van der Waals surface area contributed by atoms with E-state index in [9.17, 15) is 4.79 Å². The summed E-state index contributed by atoms with van der Waals surface area (Å²) in [5.74, 6) is -0.00525. The van der Waals surface area contributed by atoms with Crippen molar-refractivity contribution < 1.29 is 9.53 Å². The molecule has 1 rings (SSSR count). The minimum absolute atomic E-state index is 0.00525. The molecule has 19 heavy (non-hydrogen) atoms. The molecule has 1 aromatic carbocycles. The lowest BCUT2D eigenvalue weighted by atomic mass is 10.1. The van der Waals surface area contributed by atoms with Crippen LogP contribution in [0.5, 0.6) is 0 Å². The first-order chi connectivity index (χ1) is 9.04. The molecule has 0 aliphatic heterocycles. The summed E-state index contributed by atoms with van der Waals surface area (Å²) in [5, 5.41) is 5.97. The molecule has 5 heteroatoms. The van der Waals surface area contributed by atoms with Gasteiger partial charge in [-0.05, 0) is 43.5 Å². The number of benzene rings is 1. The van der Waals surface area contributed by atoms with Crippen molar-refractivity contribution in [3.63, 3.8) is 0 Å². The number of rotatable bonds is 7. The van der Waals surface area contributed by atoms with Crippen LogP contribution in [0.4, 0.5) is 5.69 Å². The van der Waals surface area contributed by atoms with Crippen molar-refractivity contribution in [1.82, 2.24) is 5.32 Å². The van der Waals surface area contributed by atoms with Gasteiger partial charge in [-0.3, -0.25) is 4.79 Å². The van der Waals surface area contributed by atoms with Crippen LogP contribution in [0.15, 0.2) is 16.6 Å². The van der Waals surface area contributed by atoms with Crippen LogP contribution >= 0.6 is 15.9 Å². The molecule has 0 fully saturated rings. The van der Waals surface area contributed by atoms with Crippen molar-refractivity contribution in [2.45, 2.75) is 20.3 Å². The Morgan fingerprint density at radius 1 is 1.32 bits per heavy atom. The molecule has 2 N–H and O–H groups in total. The van der Waals surface area contributed by atoms with Gasteiger partial charge in [0.1, 0.15) is 0 Å². The number of methoxy groups -OCH3 is 1. The Hall–Kier alpha value is -1.07. The molecule has 0 radical (unpaired) electrons. The van der Waals surface area contributed by atoms with E-state index in [0.29, 0.717) is 13.2 Å². The van der Waals surface area contributed by atoms with E-state index in [1.54, 1.807) is 7.11 Å². The lowest BCUT2D eigenvalue weighted by molar-refractivity contribution is -0.119. The Morgan fingerprint density at radius 2 is 1.95 bits per heavy atom. The second-order valence-electron chi connectivity index (χ2n) is 4.47. The second kappa shape index (κ2) is 8.17. The maximum Gasteiger partial charge on any atom is 0.239 e. The van der Waals surface area contributed by atoms with Gasteiger partial charge in [0.2, 0.25) is 5.91 Å². The summed E-state index contributed by atoms with van der Waals surface area (Å²) in [6.07, 6.45) is 0.832. The highest BCUT2D eigenvalue weighted by Crippen LogP contribution is 2.24. The highest BCUT2D eigenvalue weighted by molar-refractivity contribution is 9.10. The monoisotopic (exact) mass is 328 g/mol. The van der Waals surface area contributed by atoms with Crippen LogP contribution < -0.4 is 10.6 Å². The highest BCUT2D eigenvalue weighted by atomic mass is 79.9. The molecule has 0 aromatic heterocycles. The van der Waals surface area contributed by atoms with Crippen LogP contribution in [-0.2, 0) is 9.53 Å². The first-order valence-electron chi connectivity index (χ1n) is 6.31. The van der Waals surface area contributed by atoms with Crippen molar-refractivity contribution in [1.29, 1.82) is 0 Å². The number of carbonyl (C=O) groups is 1. The standard InChI is InChI=1S/C14H21BrN2O2/c1-10-7-12(8-11(2)14(10)15)17-9-13(18)16-5-4-6-19-3/h7-8,17H,4-6,9H2,1-3H3,(H,16,18). The number of anilines is 1. The molecule has 106 valence electrons. The van der Waals surface area contributed by atoms with Gasteiger partial charge in [-0.25, -0.2) is 0 Å². The van der Waals surface area contributed by atoms with Gasteiger partial charge in [0, 0.05) is 30.4 Å². The smallest absolute Gasteiger partial charge is 0.239 e. The normalized spacial score (nSPS) is 10.3. The zero-order valence-electron chi connectivity index (χ0n) is 11.7. The Balaban J connectivity index is 2.38. The van der Waals surface area contributed by atoms with E-state index in [-0.39, 0.29) is 12.5 Å². The van der Waals surface area contributed by atoms with Crippen LogP contribution in [0.2, 0.25) is 0 Å². The highest BCUT2D eigenvalue weighted by Gasteiger charge is 2.04.